The van der Waals surface area contributed by atoms with Gasteiger partial charge in [-0.3, -0.25) is 4.79 Å². The number of halogens is 1. The molecule has 106 valence electrons. The first kappa shape index (κ1) is 15.2. The fourth-order valence-corrected chi connectivity index (χ4v) is 2.13. The second-order valence-corrected chi connectivity index (χ2v) is 5.27. The standard InChI is InChI=1S/C17H15BrN2O/c1-13(11-12-14-7-3-2-4-8-14)19-20-17(21)15-9-5-6-10-16(15)18/h2-12H,1H3,(H,20,21). The van der Waals surface area contributed by atoms with Gasteiger partial charge in [0.15, 0.2) is 0 Å². The van der Waals surface area contributed by atoms with Crippen molar-refractivity contribution in [1.29, 1.82) is 0 Å². The van der Waals surface area contributed by atoms with Crippen LogP contribution >= 0.6 is 15.9 Å². The van der Waals surface area contributed by atoms with Gasteiger partial charge in [-0.1, -0.05) is 48.5 Å². The molecular weight excluding hydrogens is 328 g/mol. The Bertz CT molecular complexity index is 678. The molecule has 0 aromatic heterocycles. The Morgan fingerprint density at radius 1 is 1.10 bits per heavy atom. The molecule has 0 aliphatic rings. The Labute approximate surface area is 132 Å². The molecule has 0 fully saturated rings. The molecule has 3 nitrogen and oxygen atoms in total. The lowest BCUT2D eigenvalue weighted by molar-refractivity contribution is 0.0954. The minimum Gasteiger partial charge on any atom is -0.267 e. The van der Waals surface area contributed by atoms with Crippen molar-refractivity contribution in [2.75, 3.05) is 0 Å². The van der Waals surface area contributed by atoms with Crippen LogP contribution in [0.2, 0.25) is 0 Å². The van der Waals surface area contributed by atoms with Crippen molar-refractivity contribution in [3.05, 3.63) is 76.3 Å². The van der Waals surface area contributed by atoms with E-state index >= 15 is 0 Å². The van der Waals surface area contributed by atoms with Gasteiger partial charge in [0.1, 0.15) is 0 Å². The molecule has 0 saturated carbocycles. The van der Waals surface area contributed by atoms with Gasteiger partial charge in [-0.2, -0.15) is 5.10 Å². The summed E-state index contributed by atoms with van der Waals surface area (Å²) in [6.45, 7) is 1.83. The summed E-state index contributed by atoms with van der Waals surface area (Å²) in [5.41, 5.74) is 4.91. The van der Waals surface area contributed by atoms with E-state index in [2.05, 4.69) is 26.5 Å². The molecular formula is C17H15BrN2O. The Kier molecular flexibility index (Phi) is 5.46. The van der Waals surface area contributed by atoms with E-state index < -0.39 is 0 Å². The summed E-state index contributed by atoms with van der Waals surface area (Å²) in [4.78, 5) is 12.0. The van der Waals surface area contributed by atoms with Crippen LogP contribution in [-0.4, -0.2) is 11.6 Å². The first-order valence-electron chi connectivity index (χ1n) is 6.49. The first-order valence-corrected chi connectivity index (χ1v) is 7.28. The molecule has 2 aromatic carbocycles. The van der Waals surface area contributed by atoms with Gasteiger partial charge in [-0.15, -0.1) is 0 Å². The molecule has 2 aromatic rings. The highest BCUT2D eigenvalue weighted by atomic mass is 79.9. The largest absolute Gasteiger partial charge is 0.272 e. The van der Waals surface area contributed by atoms with E-state index in [1.165, 1.54) is 0 Å². The number of carbonyl (C=O) groups is 1. The van der Waals surface area contributed by atoms with Crippen LogP contribution in [0.3, 0.4) is 0 Å². The molecule has 0 spiro atoms. The second kappa shape index (κ2) is 7.55. The van der Waals surface area contributed by atoms with Crippen LogP contribution in [0.4, 0.5) is 0 Å². The monoisotopic (exact) mass is 342 g/mol. The maximum absolute atomic E-state index is 12.0. The van der Waals surface area contributed by atoms with Crippen LogP contribution < -0.4 is 5.43 Å². The highest BCUT2D eigenvalue weighted by Gasteiger charge is 2.07. The second-order valence-electron chi connectivity index (χ2n) is 4.42. The lowest BCUT2D eigenvalue weighted by atomic mass is 10.2. The highest BCUT2D eigenvalue weighted by molar-refractivity contribution is 9.10. The zero-order chi connectivity index (χ0) is 15.1. The molecule has 4 heteroatoms. The number of amides is 1. The normalized spacial score (nSPS) is 11.6. The Hall–Kier alpha value is -2.20. The van der Waals surface area contributed by atoms with Crippen LogP contribution in [0.5, 0.6) is 0 Å². The molecule has 0 atom stereocenters. The minimum absolute atomic E-state index is 0.241. The van der Waals surface area contributed by atoms with Gasteiger partial charge in [-0.05, 0) is 46.6 Å². The van der Waals surface area contributed by atoms with Gasteiger partial charge in [0.2, 0.25) is 0 Å². The van der Waals surface area contributed by atoms with Gasteiger partial charge in [0.25, 0.3) is 5.91 Å². The van der Waals surface area contributed by atoms with Gasteiger partial charge in [0.05, 0.1) is 11.3 Å². The summed E-state index contributed by atoms with van der Waals surface area (Å²) in [7, 11) is 0. The topological polar surface area (TPSA) is 41.5 Å². The van der Waals surface area contributed by atoms with Crippen molar-refractivity contribution in [2.45, 2.75) is 6.92 Å². The fraction of sp³-hybridized carbons (Fsp3) is 0.0588. The molecule has 1 amide bonds. The molecule has 0 radical (unpaired) electrons. The number of hydrazone groups is 1. The maximum atomic E-state index is 12.0. The van der Waals surface area contributed by atoms with E-state index in [0.29, 0.717) is 5.56 Å². The van der Waals surface area contributed by atoms with E-state index in [4.69, 9.17) is 0 Å². The van der Waals surface area contributed by atoms with E-state index in [9.17, 15) is 4.79 Å². The third-order valence-electron chi connectivity index (χ3n) is 2.77. The van der Waals surface area contributed by atoms with Crippen molar-refractivity contribution in [2.24, 2.45) is 5.10 Å². The predicted octanol–water partition coefficient (Wildman–Crippen LogP) is 4.27. The lowest BCUT2D eigenvalue weighted by Crippen LogP contribution is -2.19. The third kappa shape index (κ3) is 4.68. The van der Waals surface area contributed by atoms with E-state index in [1.807, 2.05) is 67.6 Å². The molecule has 21 heavy (non-hydrogen) atoms. The van der Waals surface area contributed by atoms with Gasteiger partial charge in [0, 0.05) is 4.47 Å². The number of hydrogen-bond acceptors (Lipinski definition) is 2. The summed E-state index contributed by atoms with van der Waals surface area (Å²) in [5, 5.41) is 4.07. The van der Waals surface area contributed by atoms with Crippen molar-refractivity contribution in [3.63, 3.8) is 0 Å². The summed E-state index contributed by atoms with van der Waals surface area (Å²) >= 11 is 3.34. The number of nitrogens with one attached hydrogen (secondary N) is 1. The van der Waals surface area contributed by atoms with Gasteiger partial charge >= 0.3 is 0 Å². The van der Waals surface area contributed by atoms with Gasteiger partial charge in [-0.25, -0.2) is 5.43 Å². The molecule has 0 bridgehead atoms. The molecule has 1 N–H and O–H groups in total. The van der Waals surface area contributed by atoms with E-state index in [0.717, 1.165) is 15.7 Å². The van der Waals surface area contributed by atoms with Crippen molar-refractivity contribution < 1.29 is 4.79 Å². The predicted molar refractivity (Wildman–Crippen MR) is 90.2 cm³/mol. The summed E-state index contributed by atoms with van der Waals surface area (Å²) < 4.78 is 0.746. The SMILES string of the molecule is CC(C=Cc1ccccc1)=NNC(=O)c1ccccc1Br. The quantitative estimate of drug-likeness (QED) is 0.654. The number of hydrogen-bond donors (Lipinski definition) is 1. The van der Waals surface area contributed by atoms with Crippen LogP contribution in [0.25, 0.3) is 6.08 Å². The average Bonchev–Trinajstić information content (AvgIpc) is 2.52. The van der Waals surface area contributed by atoms with Crippen LogP contribution in [-0.2, 0) is 0 Å². The van der Waals surface area contributed by atoms with Gasteiger partial charge < -0.3 is 0 Å². The molecule has 0 unspecified atom stereocenters. The van der Waals surface area contributed by atoms with Crippen molar-refractivity contribution >= 4 is 33.6 Å². The summed E-state index contributed by atoms with van der Waals surface area (Å²) in [6.07, 6.45) is 3.80. The first-order chi connectivity index (χ1) is 10.2. The minimum atomic E-state index is -0.241. The zero-order valence-electron chi connectivity index (χ0n) is 11.6. The van der Waals surface area contributed by atoms with Crippen LogP contribution in [0, 0.1) is 0 Å². The Morgan fingerprint density at radius 2 is 1.76 bits per heavy atom. The fourth-order valence-electron chi connectivity index (χ4n) is 1.66. The Balaban J connectivity index is 1.99. The Morgan fingerprint density at radius 3 is 2.48 bits per heavy atom. The molecule has 0 saturated heterocycles. The van der Waals surface area contributed by atoms with Crippen LogP contribution in [0.1, 0.15) is 22.8 Å². The van der Waals surface area contributed by atoms with E-state index in [-0.39, 0.29) is 5.91 Å². The molecule has 0 aliphatic carbocycles. The third-order valence-corrected chi connectivity index (χ3v) is 3.46. The molecule has 2 rings (SSSR count). The van der Waals surface area contributed by atoms with Crippen LogP contribution in [0.15, 0.2) is 70.2 Å². The zero-order valence-corrected chi connectivity index (χ0v) is 13.2. The van der Waals surface area contributed by atoms with E-state index in [1.54, 1.807) is 6.07 Å². The molecule has 0 heterocycles. The average molecular weight is 343 g/mol. The number of rotatable bonds is 4. The maximum Gasteiger partial charge on any atom is 0.272 e. The summed E-state index contributed by atoms with van der Waals surface area (Å²) in [6, 6.07) is 17.2. The van der Waals surface area contributed by atoms with Crippen molar-refractivity contribution in [1.82, 2.24) is 5.43 Å². The smallest absolute Gasteiger partial charge is 0.267 e. The number of carbonyl (C=O) groups excluding carboxylic acids is 1. The number of nitrogens with zero attached hydrogens (tertiary/aromatic N) is 1. The number of allylic oxidation sites excluding steroid dienone is 1. The highest BCUT2D eigenvalue weighted by Crippen LogP contribution is 2.15. The lowest BCUT2D eigenvalue weighted by Gasteiger charge is -2.02. The number of benzene rings is 2. The van der Waals surface area contributed by atoms with Crippen molar-refractivity contribution in [3.8, 4) is 0 Å². The molecule has 0 aliphatic heterocycles. The summed E-state index contributed by atoms with van der Waals surface area (Å²) in [5.74, 6) is -0.241.